The fourth-order valence-electron chi connectivity index (χ4n) is 3.31. The highest BCUT2D eigenvalue weighted by atomic mass is 35.5. The molecule has 1 aliphatic carbocycles. The van der Waals surface area contributed by atoms with Crippen molar-refractivity contribution >= 4 is 23.3 Å². The number of benzene rings is 1. The van der Waals surface area contributed by atoms with E-state index in [1.54, 1.807) is 24.7 Å². The Morgan fingerprint density at radius 1 is 1.07 bits per heavy atom. The largest absolute Gasteiger partial charge is 0.364 e. The van der Waals surface area contributed by atoms with Crippen LogP contribution in [0.5, 0.6) is 0 Å². The second-order valence-electron chi connectivity index (χ2n) is 6.32. The molecule has 9 heteroatoms. The van der Waals surface area contributed by atoms with E-state index in [0.717, 1.165) is 19.3 Å². The number of nitrogens with zero attached hydrogens (tertiary/aromatic N) is 5. The van der Waals surface area contributed by atoms with Crippen LogP contribution < -0.4 is 10.6 Å². The van der Waals surface area contributed by atoms with Gasteiger partial charge in [0.2, 0.25) is 0 Å². The van der Waals surface area contributed by atoms with Gasteiger partial charge in [-0.25, -0.2) is 9.97 Å². The third kappa shape index (κ3) is 3.90. The highest BCUT2D eigenvalue weighted by Crippen LogP contribution is 2.23. The SMILES string of the molecule is O=C(N[C@H]1CCC[C@@H]1Nc1cnc(Cl)cn1)c1ccccc1-n1nccn1. The number of amides is 1. The quantitative estimate of drug-likeness (QED) is 0.702. The zero-order valence-electron chi connectivity index (χ0n) is 14.4. The van der Waals surface area contributed by atoms with E-state index in [4.69, 9.17) is 11.6 Å². The predicted molar refractivity (Wildman–Crippen MR) is 101 cm³/mol. The molecule has 2 N–H and O–H groups in total. The second kappa shape index (κ2) is 7.71. The highest BCUT2D eigenvalue weighted by Gasteiger charge is 2.29. The first-order valence-corrected chi connectivity index (χ1v) is 9.09. The van der Waals surface area contributed by atoms with Crippen molar-refractivity contribution in [3.8, 4) is 5.69 Å². The van der Waals surface area contributed by atoms with Gasteiger partial charge in [0.15, 0.2) is 0 Å². The van der Waals surface area contributed by atoms with Crippen LogP contribution in [0.25, 0.3) is 5.69 Å². The van der Waals surface area contributed by atoms with E-state index < -0.39 is 0 Å². The third-order valence-corrected chi connectivity index (χ3v) is 4.76. The Morgan fingerprint density at radius 2 is 1.85 bits per heavy atom. The van der Waals surface area contributed by atoms with E-state index in [-0.39, 0.29) is 18.0 Å². The zero-order chi connectivity index (χ0) is 18.6. The summed E-state index contributed by atoms with van der Waals surface area (Å²) in [6.45, 7) is 0. The second-order valence-corrected chi connectivity index (χ2v) is 6.71. The van der Waals surface area contributed by atoms with Crippen molar-refractivity contribution in [2.75, 3.05) is 5.32 Å². The Labute approximate surface area is 161 Å². The molecule has 2 atom stereocenters. The molecule has 0 bridgehead atoms. The minimum Gasteiger partial charge on any atom is -0.364 e. The van der Waals surface area contributed by atoms with Crippen LogP contribution in [0.3, 0.4) is 0 Å². The molecule has 1 saturated carbocycles. The van der Waals surface area contributed by atoms with Gasteiger partial charge in [-0.2, -0.15) is 15.0 Å². The number of hydrogen-bond acceptors (Lipinski definition) is 6. The number of rotatable bonds is 5. The van der Waals surface area contributed by atoms with Crippen molar-refractivity contribution in [2.45, 2.75) is 31.3 Å². The van der Waals surface area contributed by atoms with Gasteiger partial charge in [-0.05, 0) is 31.4 Å². The topological polar surface area (TPSA) is 97.6 Å². The molecule has 27 heavy (non-hydrogen) atoms. The lowest BCUT2D eigenvalue weighted by Gasteiger charge is -2.23. The number of para-hydroxylation sites is 1. The molecule has 2 aromatic heterocycles. The van der Waals surface area contributed by atoms with Crippen LogP contribution in [0, 0.1) is 0 Å². The van der Waals surface area contributed by atoms with Crippen molar-refractivity contribution in [1.29, 1.82) is 0 Å². The summed E-state index contributed by atoms with van der Waals surface area (Å²) in [5.41, 5.74) is 1.18. The molecule has 4 rings (SSSR count). The molecule has 0 aliphatic heterocycles. The number of aromatic nitrogens is 5. The van der Waals surface area contributed by atoms with Gasteiger partial charge in [0, 0.05) is 12.1 Å². The van der Waals surface area contributed by atoms with Crippen LogP contribution in [0.15, 0.2) is 49.1 Å². The van der Waals surface area contributed by atoms with E-state index >= 15 is 0 Å². The summed E-state index contributed by atoms with van der Waals surface area (Å²) in [6.07, 6.45) is 9.12. The summed E-state index contributed by atoms with van der Waals surface area (Å²) in [4.78, 5) is 22.6. The van der Waals surface area contributed by atoms with E-state index in [2.05, 4.69) is 30.8 Å². The zero-order valence-corrected chi connectivity index (χ0v) is 15.2. The average Bonchev–Trinajstić information content (AvgIpc) is 3.36. The first-order valence-electron chi connectivity index (χ1n) is 8.71. The van der Waals surface area contributed by atoms with Gasteiger partial charge in [-0.3, -0.25) is 4.79 Å². The van der Waals surface area contributed by atoms with Crippen LogP contribution in [0.1, 0.15) is 29.6 Å². The summed E-state index contributed by atoms with van der Waals surface area (Å²) in [5.74, 6) is 0.496. The predicted octanol–water partition coefficient (Wildman–Crippen LogP) is 2.47. The van der Waals surface area contributed by atoms with Gasteiger partial charge in [0.05, 0.1) is 36.0 Å². The Hall–Kier alpha value is -3.00. The molecule has 1 aliphatic rings. The smallest absolute Gasteiger partial charge is 0.253 e. The Kier molecular flexibility index (Phi) is 4.97. The van der Waals surface area contributed by atoms with Gasteiger partial charge < -0.3 is 10.6 Å². The van der Waals surface area contributed by atoms with Gasteiger partial charge in [-0.15, -0.1) is 0 Å². The molecule has 0 radical (unpaired) electrons. The third-order valence-electron chi connectivity index (χ3n) is 4.57. The Morgan fingerprint density at radius 3 is 2.63 bits per heavy atom. The summed E-state index contributed by atoms with van der Waals surface area (Å²) in [6, 6.07) is 7.36. The molecule has 0 unspecified atom stereocenters. The van der Waals surface area contributed by atoms with Crippen LogP contribution in [0.2, 0.25) is 5.15 Å². The monoisotopic (exact) mass is 383 g/mol. The Balaban J connectivity index is 1.48. The van der Waals surface area contributed by atoms with Crippen LogP contribution >= 0.6 is 11.6 Å². The first kappa shape index (κ1) is 17.4. The molecule has 1 amide bonds. The normalized spacial score (nSPS) is 19.0. The van der Waals surface area contributed by atoms with Crippen molar-refractivity contribution in [2.24, 2.45) is 0 Å². The number of carbonyl (C=O) groups is 1. The number of carbonyl (C=O) groups excluding carboxylic acids is 1. The fraction of sp³-hybridized carbons (Fsp3) is 0.278. The molecule has 1 fully saturated rings. The van der Waals surface area contributed by atoms with E-state index in [9.17, 15) is 4.79 Å². The molecule has 138 valence electrons. The minimum absolute atomic E-state index is 0.00591. The summed E-state index contributed by atoms with van der Waals surface area (Å²) in [5, 5.41) is 15.1. The lowest BCUT2D eigenvalue weighted by atomic mass is 10.1. The van der Waals surface area contributed by atoms with Gasteiger partial charge in [0.25, 0.3) is 5.91 Å². The van der Waals surface area contributed by atoms with Crippen molar-refractivity contribution in [3.05, 3.63) is 59.8 Å². The fourth-order valence-corrected chi connectivity index (χ4v) is 3.41. The molecule has 3 aromatic rings. The van der Waals surface area contributed by atoms with Gasteiger partial charge in [0.1, 0.15) is 11.0 Å². The van der Waals surface area contributed by atoms with Crippen molar-refractivity contribution in [1.82, 2.24) is 30.3 Å². The van der Waals surface area contributed by atoms with E-state index in [0.29, 0.717) is 22.2 Å². The molecule has 0 spiro atoms. The molecular formula is C18H18ClN7O. The van der Waals surface area contributed by atoms with Gasteiger partial charge in [-0.1, -0.05) is 23.7 Å². The summed E-state index contributed by atoms with van der Waals surface area (Å²) >= 11 is 5.78. The number of halogens is 1. The average molecular weight is 384 g/mol. The maximum Gasteiger partial charge on any atom is 0.253 e. The molecule has 0 saturated heterocycles. The summed E-state index contributed by atoms with van der Waals surface area (Å²) in [7, 11) is 0. The van der Waals surface area contributed by atoms with Crippen LogP contribution in [-0.4, -0.2) is 43.0 Å². The van der Waals surface area contributed by atoms with Gasteiger partial charge >= 0.3 is 0 Å². The molecule has 1 aromatic carbocycles. The summed E-state index contributed by atoms with van der Waals surface area (Å²) < 4.78 is 0. The van der Waals surface area contributed by atoms with Crippen molar-refractivity contribution < 1.29 is 4.79 Å². The minimum atomic E-state index is -0.149. The Bertz CT molecular complexity index is 914. The lowest BCUT2D eigenvalue weighted by molar-refractivity contribution is 0.0935. The lowest BCUT2D eigenvalue weighted by Crippen LogP contribution is -2.43. The highest BCUT2D eigenvalue weighted by molar-refractivity contribution is 6.29. The molecular weight excluding hydrogens is 366 g/mol. The van der Waals surface area contributed by atoms with Crippen LogP contribution in [0.4, 0.5) is 5.82 Å². The van der Waals surface area contributed by atoms with E-state index in [1.165, 1.54) is 11.0 Å². The maximum atomic E-state index is 12.9. The standard InChI is InChI=1S/C18H18ClN7O/c19-16-10-21-17(11-20-16)24-13-5-3-6-14(13)25-18(27)12-4-1-2-7-15(12)26-22-8-9-23-26/h1-2,4,7-11,13-14H,3,5-6H2,(H,21,24)(H,25,27)/t13-,14-/m0/s1. The number of nitrogens with one attached hydrogen (secondary N) is 2. The maximum absolute atomic E-state index is 12.9. The first-order chi connectivity index (χ1) is 13.2. The van der Waals surface area contributed by atoms with E-state index in [1.807, 2.05) is 18.2 Å². The van der Waals surface area contributed by atoms with Crippen LogP contribution in [-0.2, 0) is 0 Å². The molecule has 8 nitrogen and oxygen atoms in total. The molecule has 2 heterocycles. The number of anilines is 1. The van der Waals surface area contributed by atoms with Crippen molar-refractivity contribution in [3.63, 3.8) is 0 Å². The number of hydrogen-bond donors (Lipinski definition) is 2.